The van der Waals surface area contributed by atoms with Gasteiger partial charge in [0.1, 0.15) is 11.4 Å². The van der Waals surface area contributed by atoms with E-state index in [1.807, 2.05) is 29.2 Å². The number of fused-ring (bicyclic) bond motifs is 2. The number of amides is 1. The summed E-state index contributed by atoms with van der Waals surface area (Å²) in [6.45, 7) is 1.48. The van der Waals surface area contributed by atoms with Gasteiger partial charge < -0.3 is 14.6 Å². The number of hydrogen-bond donors (Lipinski definition) is 1. The van der Waals surface area contributed by atoms with Crippen molar-refractivity contribution in [3.8, 4) is 5.75 Å². The monoisotopic (exact) mass is 347 g/mol. The minimum absolute atomic E-state index is 0.0903. The maximum absolute atomic E-state index is 12.9. The molecule has 1 fully saturated rings. The van der Waals surface area contributed by atoms with E-state index in [0.717, 1.165) is 55.6 Å². The molecule has 1 saturated heterocycles. The molecule has 5 heteroatoms. The van der Waals surface area contributed by atoms with Gasteiger partial charge in [-0.2, -0.15) is 0 Å². The minimum atomic E-state index is -0.113. The van der Waals surface area contributed by atoms with E-state index in [2.05, 4.69) is 28.2 Å². The van der Waals surface area contributed by atoms with Gasteiger partial charge >= 0.3 is 0 Å². The van der Waals surface area contributed by atoms with Crippen molar-refractivity contribution in [2.45, 2.75) is 31.3 Å². The Hall–Kier alpha value is -2.82. The van der Waals surface area contributed by atoms with E-state index in [1.54, 1.807) is 6.33 Å². The molecular weight excluding hydrogens is 326 g/mol. The molecule has 0 unspecified atom stereocenters. The fraction of sp³-hybridized carbons (Fsp3) is 0.333. The molecule has 0 aliphatic carbocycles. The third-order valence-corrected chi connectivity index (χ3v) is 5.78. The van der Waals surface area contributed by atoms with Crippen LogP contribution in [-0.2, 0) is 6.42 Å². The first kappa shape index (κ1) is 15.4. The third-order valence-electron chi connectivity index (χ3n) is 5.78. The molecule has 3 aromatic rings. The van der Waals surface area contributed by atoms with Gasteiger partial charge in [-0.15, -0.1) is 0 Å². The zero-order valence-electron chi connectivity index (χ0n) is 14.6. The lowest BCUT2D eigenvalue weighted by Crippen LogP contribution is -2.51. The number of nitrogens with zero attached hydrogens (tertiary/aromatic N) is 2. The van der Waals surface area contributed by atoms with Crippen molar-refractivity contribution >= 4 is 16.9 Å². The van der Waals surface area contributed by atoms with Gasteiger partial charge in [-0.1, -0.05) is 18.2 Å². The number of imidazole rings is 1. The van der Waals surface area contributed by atoms with Crippen LogP contribution in [0.4, 0.5) is 0 Å². The van der Waals surface area contributed by atoms with E-state index >= 15 is 0 Å². The second-order valence-electron chi connectivity index (χ2n) is 7.32. The number of hydrogen-bond acceptors (Lipinski definition) is 3. The average molecular weight is 347 g/mol. The lowest BCUT2D eigenvalue weighted by atomic mass is 9.83. The van der Waals surface area contributed by atoms with Crippen LogP contribution in [0.1, 0.15) is 35.2 Å². The van der Waals surface area contributed by atoms with Crippen LogP contribution >= 0.6 is 0 Å². The number of ether oxygens (including phenoxy) is 1. The molecule has 132 valence electrons. The van der Waals surface area contributed by atoms with Gasteiger partial charge in [-0.3, -0.25) is 4.79 Å². The number of aromatic amines is 1. The number of para-hydroxylation sites is 1. The summed E-state index contributed by atoms with van der Waals surface area (Å²) in [4.78, 5) is 22.1. The highest BCUT2D eigenvalue weighted by Crippen LogP contribution is 2.39. The van der Waals surface area contributed by atoms with Crippen LogP contribution in [0.15, 0.2) is 48.8 Å². The Morgan fingerprint density at radius 1 is 1.12 bits per heavy atom. The van der Waals surface area contributed by atoms with Crippen molar-refractivity contribution in [1.82, 2.24) is 14.9 Å². The standard InChI is InChI=1S/C21H21N3O2/c25-20(16-5-6-17-18(13-16)23-14-22-17)24-11-9-21(10-12-24)8-7-15-3-1-2-4-19(15)26-21/h1-6,13-14H,7-12H2,(H,22,23). The quantitative estimate of drug-likeness (QED) is 0.732. The first-order valence-corrected chi connectivity index (χ1v) is 9.22. The second-order valence-corrected chi connectivity index (χ2v) is 7.32. The number of likely N-dealkylation sites (tertiary alicyclic amines) is 1. The summed E-state index contributed by atoms with van der Waals surface area (Å²) in [5, 5.41) is 0. The average Bonchev–Trinajstić information content (AvgIpc) is 3.16. The largest absolute Gasteiger partial charge is 0.487 e. The number of rotatable bonds is 1. The smallest absolute Gasteiger partial charge is 0.253 e. The molecule has 1 aromatic heterocycles. The van der Waals surface area contributed by atoms with Crippen LogP contribution in [0.5, 0.6) is 5.75 Å². The summed E-state index contributed by atoms with van der Waals surface area (Å²) in [7, 11) is 0. The summed E-state index contributed by atoms with van der Waals surface area (Å²) in [6, 6.07) is 14.0. The predicted molar refractivity (Wildman–Crippen MR) is 99.4 cm³/mol. The Kier molecular flexibility index (Phi) is 3.48. The molecule has 0 bridgehead atoms. The molecule has 0 atom stereocenters. The zero-order valence-corrected chi connectivity index (χ0v) is 14.6. The van der Waals surface area contributed by atoms with Crippen LogP contribution < -0.4 is 4.74 Å². The number of H-pyrrole nitrogens is 1. The van der Waals surface area contributed by atoms with Gasteiger partial charge in [0.2, 0.25) is 0 Å². The van der Waals surface area contributed by atoms with Gasteiger partial charge in [0.15, 0.2) is 0 Å². The normalized spacial score (nSPS) is 18.5. The maximum atomic E-state index is 12.9. The number of nitrogens with one attached hydrogen (secondary N) is 1. The molecule has 1 N–H and O–H groups in total. The van der Waals surface area contributed by atoms with E-state index in [0.29, 0.717) is 5.56 Å². The lowest BCUT2D eigenvalue weighted by molar-refractivity contribution is -0.0106. The fourth-order valence-corrected chi connectivity index (χ4v) is 4.18. The van der Waals surface area contributed by atoms with Gasteiger partial charge in [-0.25, -0.2) is 4.98 Å². The number of benzene rings is 2. The highest BCUT2D eigenvalue weighted by Gasteiger charge is 2.40. The van der Waals surface area contributed by atoms with Crippen molar-refractivity contribution < 1.29 is 9.53 Å². The van der Waals surface area contributed by atoms with Crippen LogP contribution in [0.25, 0.3) is 11.0 Å². The van der Waals surface area contributed by atoms with Gasteiger partial charge in [-0.05, 0) is 42.7 Å². The lowest BCUT2D eigenvalue weighted by Gasteiger charge is -2.44. The molecule has 5 rings (SSSR count). The summed E-state index contributed by atoms with van der Waals surface area (Å²) < 4.78 is 6.39. The van der Waals surface area contributed by atoms with Crippen LogP contribution in [0.2, 0.25) is 0 Å². The molecule has 2 aromatic carbocycles. The summed E-state index contributed by atoms with van der Waals surface area (Å²) in [5.74, 6) is 1.11. The van der Waals surface area contributed by atoms with E-state index in [-0.39, 0.29) is 11.5 Å². The SMILES string of the molecule is O=C(c1ccc2nc[nH]c2c1)N1CCC2(CCc3ccccc3O2)CC1. The van der Waals surface area contributed by atoms with E-state index < -0.39 is 0 Å². The predicted octanol–water partition coefficient (Wildman–Crippen LogP) is 3.56. The van der Waals surface area contributed by atoms with Crippen LogP contribution in [0, 0.1) is 0 Å². The fourth-order valence-electron chi connectivity index (χ4n) is 4.18. The van der Waals surface area contributed by atoms with Crippen molar-refractivity contribution in [1.29, 1.82) is 0 Å². The van der Waals surface area contributed by atoms with E-state index in [9.17, 15) is 4.79 Å². The number of aromatic nitrogens is 2. The first-order valence-electron chi connectivity index (χ1n) is 9.22. The number of carbonyl (C=O) groups is 1. The Morgan fingerprint density at radius 2 is 1.96 bits per heavy atom. The Balaban J connectivity index is 1.30. The topological polar surface area (TPSA) is 58.2 Å². The molecule has 1 amide bonds. The molecule has 26 heavy (non-hydrogen) atoms. The van der Waals surface area contributed by atoms with E-state index in [4.69, 9.17) is 4.74 Å². The molecule has 5 nitrogen and oxygen atoms in total. The maximum Gasteiger partial charge on any atom is 0.253 e. The van der Waals surface area contributed by atoms with Crippen LogP contribution in [0.3, 0.4) is 0 Å². The molecule has 0 radical (unpaired) electrons. The van der Waals surface area contributed by atoms with Crippen molar-refractivity contribution in [3.63, 3.8) is 0 Å². The van der Waals surface area contributed by atoms with Gasteiger partial charge in [0.05, 0.1) is 17.4 Å². The molecule has 0 saturated carbocycles. The van der Waals surface area contributed by atoms with E-state index in [1.165, 1.54) is 5.56 Å². The third kappa shape index (κ3) is 2.55. The molecule has 1 spiro atoms. The van der Waals surface area contributed by atoms with Crippen molar-refractivity contribution in [2.75, 3.05) is 13.1 Å². The molecule has 3 heterocycles. The molecule has 2 aliphatic heterocycles. The number of piperidine rings is 1. The van der Waals surface area contributed by atoms with Gasteiger partial charge in [0.25, 0.3) is 5.91 Å². The van der Waals surface area contributed by atoms with Crippen molar-refractivity contribution in [2.24, 2.45) is 0 Å². The second kappa shape index (κ2) is 5.87. The highest BCUT2D eigenvalue weighted by molar-refractivity contribution is 5.97. The summed E-state index contributed by atoms with van der Waals surface area (Å²) in [6.07, 6.45) is 5.52. The van der Waals surface area contributed by atoms with Crippen molar-refractivity contribution in [3.05, 3.63) is 59.9 Å². The summed E-state index contributed by atoms with van der Waals surface area (Å²) >= 11 is 0. The highest BCUT2D eigenvalue weighted by atomic mass is 16.5. The van der Waals surface area contributed by atoms with Crippen LogP contribution in [-0.4, -0.2) is 39.5 Å². The molecule has 2 aliphatic rings. The first-order chi connectivity index (χ1) is 12.7. The van der Waals surface area contributed by atoms with Gasteiger partial charge in [0, 0.05) is 31.5 Å². The summed E-state index contributed by atoms with van der Waals surface area (Å²) in [5.41, 5.74) is 3.68. The number of aryl methyl sites for hydroxylation is 1. The molecular formula is C21H21N3O2. The minimum Gasteiger partial charge on any atom is -0.487 e. The number of carbonyl (C=O) groups excluding carboxylic acids is 1. The Labute approximate surface area is 152 Å². The zero-order chi connectivity index (χ0) is 17.6. The Morgan fingerprint density at radius 3 is 2.85 bits per heavy atom. The Bertz CT molecular complexity index is 970.